The van der Waals surface area contributed by atoms with Crippen molar-refractivity contribution in [2.75, 3.05) is 0 Å². The number of carbonyl (C=O) groups excluding carboxylic acids is 1. The Kier molecular flexibility index (Phi) is 2.98. The van der Waals surface area contributed by atoms with Gasteiger partial charge in [0.05, 0.1) is 21.8 Å². The molecule has 19 heavy (non-hydrogen) atoms. The normalized spacial score (nSPS) is 18.7. The molecule has 1 aromatic carbocycles. The molecule has 0 aliphatic heterocycles. The van der Waals surface area contributed by atoms with E-state index in [0.29, 0.717) is 0 Å². The first-order chi connectivity index (χ1) is 9.06. The van der Waals surface area contributed by atoms with Gasteiger partial charge in [-0.2, -0.15) is 0 Å². The number of thiophene rings is 2. The Hall–Kier alpha value is 0.250. The van der Waals surface area contributed by atoms with E-state index in [2.05, 4.69) is 59.9 Å². The first-order valence-electron chi connectivity index (χ1n) is 5.57. The van der Waals surface area contributed by atoms with Crippen molar-refractivity contribution in [3.05, 3.63) is 30.8 Å². The van der Waals surface area contributed by atoms with Crippen LogP contribution in [0.1, 0.15) is 15.9 Å². The van der Waals surface area contributed by atoms with Gasteiger partial charge in [-0.1, -0.05) is 15.9 Å². The summed E-state index contributed by atoms with van der Waals surface area (Å²) in [6.07, 6.45) is 0.789. The zero-order valence-corrected chi connectivity index (χ0v) is 15.7. The summed E-state index contributed by atoms with van der Waals surface area (Å²) in [5, 5.41) is 2.32. The first-order valence-corrected chi connectivity index (χ1v) is 9.71. The Balaban J connectivity index is 2.29. The van der Waals surface area contributed by atoms with E-state index in [1.54, 1.807) is 22.7 Å². The lowest BCUT2D eigenvalue weighted by Crippen LogP contribution is -2.06. The van der Waals surface area contributed by atoms with Crippen LogP contribution < -0.4 is 0 Å². The van der Waals surface area contributed by atoms with E-state index in [-0.39, 0.29) is 10.6 Å². The maximum absolute atomic E-state index is 12.4. The van der Waals surface area contributed by atoms with Crippen LogP contribution in [-0.2, 0) is 6.42 Å². The van der Waals surface area contributed by atoms with Crippen LogP contribution in [0.4, 0.5) is 0 Å². The predicted molar refractivity (Wildman–Crippen MR) is 93.4 cm³/mol. The second-order valence-electron chi connectivity index (χ2n) is 4.48. The Bertz CT molecular complexity index is 862. The van der Waals surface area contributed by atoms with Gasteiger partial charge in [-0.3, -0.25) is 4.79 Å². The summed E-state index contributed by atoms with van der Waals surface area (Å²) in [5.41, 5.74) is 2.11. The summed E-state index contributed by atoms with van der Waals surface area (Å²) in [4.78, 5) is 12.3. The van der Waals surface area contributed by atoms with E-state index in [0.717, 1.165) is 24.9 Å². The lowest BCUT2D eigenvalue weighted by atomic mass is 10.0. The highest BCUT2D eigenvalue weighted by Gasteiger charge is 2.33. The standard InChI is InChI=1S/C13H5Br3OS2/c14-7-1-4-5-2-8(15)18-12(5)13-6(3-9(16)19-13)10(4)11(7)17/h2-3,7H,1H2. The van der Waals surface area contributed by atoms with Gasteiger partial charge in [0, 0.05) is 10.9 Å². The summed E-state index contributed by atoms with van der Waals surface area (Å²) < 4.78 is 4.69. The molecule has 0 fully saturated rings. The van der Waals surface area contributed by atoms with Crippen LogP contribution >= 0.6 is 70.5 Å². The van der Waals surface area contributed by atoms with Crippen LogP contribution in [0.15, 0.2) is 19.7 Å². The minimum Gasteiger partial charge on any atom is -0.293 e. The second kappa shape index (κ2) is 4.37. The molecule has 96 valence electrons. The number of carbonyl (C=O) groups is 1. The number of hydrogen-bond donors (Lipinski definition) is 0. The van der Waals surface area contributed by atoms with Crippen molar-refractivity contribution in [1.82, 2.24) is 0 Å². The molecule has 1 aliphatic rings. The number of fused-ring (bicyclic) bond motifs is 6. The highest BCUT2D eigenvalue weighted by molar-refractivity contribution is 9.11. The molecule has 1 unspecified atom stereocenters. The highest BCUT2D eigenvalue weighted by Crippen LogP contribution is 2.47. The smallest absolute Gasteiger partial charge is 0.177 e. The molecule has 4 rings (SSSR count). The Morgan fingerprint density at radius 3 is 2.32 bits per heavy atom. The molecule has 2 heterocycles. The minimum atomic E-state index is -0.0753. The van der Waals surface area contributed by atoms with Crippen molar-refractivity contribution in [1.29, 1.82) is 0 Å². The molecule has 0 saturated carbocycles. The van der Waals surface area contributed by atoms with Gasteiger partial charge in [0.1, 0.15) is 0 Å². The van der Waals surface area contributed by atoms with E-state index in [1.165, 1.54) is 20.3 Å². The highest BCUT2D eigenvalue weighted by atomic mass is 79.9. The summed E-state index contributed by atoms with van der Waals surface area (Å²) in [5.74, 6) is 0.217. The van der Waals surface area contributed by atoms with E-state index in [1.807, 2.05) is 0 Å². The van der Waals surface area contributed by atoms with Crippen LogP contribution in [0, 0.1) is 0 Å². The Morgan fingerprint density at radius 2 is 1.63 bits per heavy atom. The largest absolute Gasteiger partial charge is 0.293 e. The number of halogens is 3. The van der Waals surface area contributed by atoms with Crippen molar-refractivity contribution in [2.24, 2.45) is 0 Å². The second-order valence-corrected chi connectivity index (χ2v) is 10.4. The molecule has 6 heteroatoms. The summed E-state index contributed by atoms with van der Waals surface area (Å²) in [7, 11) is 0. The van der Waals surface area contributed by atoms with Gasteiger partial charge in [-0.15, -0.1) is 22.7 Å². The van der Waals surface area contributed by atoms with Crippen molar-refractivity contribution in [3.8, 4) is 0 Å². The molecule has 0 bridgehead atoms. The third kappa shape index (κ3) is 1.77. The fourth-order valence-corrected chi connectivity index (χ4v) is 6.63. The number of rotatable bonds is 0. The van der Waals surface area contributed by atoms with Crippen LogP contribution in [0.3, 0.4) is 0 Å². The van der Waals surface area contributed by atoms with Crippen molar-refractivity contribution < 1.29 is 4.79 Å². The maximum atomic E-state index is 12.4. The molecular formula is C13H5Br3OS2. The molecule has 3 aromatic rings. The zero-order valence-electron chi connectivity index (χ0n) is 9.30. The average Bonchev–Trinajstić information content (AvgIpc) is 2.97. The molecule has 2 aromatic heterocycles. The fraction of sp³-hybridized carbons (Fsp3) is 0.154. The zero-order chi connectivity index (χ0) is 13.3. The van der Waals surface area contributed by atoms with Crippen molar-refractivity contribution >= 4 is 96.4 Å². The van der Waals surface area contributed by atoms with Gasteiger partial charge in [-0.05, 0) is 61.4 Å². The number of alkyl halides is 1. The molecule has 0 amide bonds. The maximum Gasteiger partial charge on any atom is 0.177 e. The Morgan fingerprint density at radius 1 is 1.05 bits per heavy atom. The average molecular weight is 481 g/mol. The van der Waals surface area contributed by atoms with Crippen LogP contribution in [0.2, 0.25) is 0 Å². The van der Waals surface area contributed by atoms with Gasteiger partial charge >= 0.3 is 0 Å². The molecule has 1 aliphatic carbocycles. The van der Waals surface area contributed by atoms with Crippen LogP contribution in [0.25, 0.3) is 20.2 Å². The van der Waals surface area contributed by atoms with E-state index < -0.39 is 0 Å². The van der Waals surface area contributed by atoms with Gasteiger partial charge < -0.3 is 0 Å². The van der Waals surface area contributed by atoms with Crippen molar-refractivity contribution in [2.45, 2.75) is 11.2 Å². The SMILES string of the molecule is O=C1c2c(c3cc(Br)sc3c3sc(Br)cc23)CC1Br. The number of benzene rings is 1. The third-order valence-electron chi connectivity index (χ3n) is 3.42. The molecule has 1 atom stereocenters. The molecule has 0 N–H and O–H groups in total. The quantitative estimate of drug-likeness (QED) is 0.353. The predicted octanol–water partition coefficient (Wildman–Crippen LogP) is 6.14. The lowest BCUT2D eigenvalue weighted by molar-refractivity contribution is 0.100. The summed E-state index contributed by atoms with van der Waals surface area (Å²) in [6.45, 7) is 0. The van der Waals surface area contributed by atoms with E-state index >= 15 is 0 Å². The van der Waals surface area contributed by atoms with Crippen LogP contribution in [-0.4, -0.2) is 10.6 Å². The van der Waals surface area contributed by atoms with E-state index in [9.17, 15) is 4.79 Å². The molecular weight excluding hydrogens is 476 g/mol. The number of Topliss-reactive ketones (excluding diaryl/α,β-unsaturated/α-hetero) is 1. The fourth-order valence-electron chi connectivity index (χ4n) is 2.69. The molecule has 0 saturated heterocycles. The van der Waals surface area contributed by atoms with Gasteiger partial charge in [0.15, 0.2) is 5.78 Å². The monoisotopic (exact) mass is 478 g/mol. The van der Waals surface area contributed by atoms with Gasteiger partial charge in [0.25, 0.3) is 0 Å². The van der Waals surface area contributed by atoms with Crippen molar-refractivity contribution in [3.63, 3.8) is 0 Å². The minimum absolute atomic E-state index is 0.0753. The summed E-state index contributed by atoms with van der Waals surface area (Å²) in [6, 6.07) is 4.22. The topological polar surface area (TPSA) is 17.1 Å². The molecule has 1 nitrogen and oxygen atoms in total. The van der Waals surface area contributed by atoms with E-state index in [4.69, 9.17) is 0 Å². The van der Waals surface area contributed by atoms with Crippen LogP contribution in [0.5, 0.6) is 0 Å². The number of hydrogen-bond acceptors (Lipinski definition) is 3. The van der Waals surface area contributed by atoms with Gasteiger partial charge in [0.2, 0.25) is 0 Å². The Labute approximate surface area is 142 Å². The van der Waals surface area contributed by atoms with Gasteiger partial charge in [-0.25, -0.2) is 0 Å². The first kappa shape index (κ1) is 13.0. The lowest BCUT2D eigenvalue weighted by Gasteiger charge is -2.02. The molecule has 0 radical (unpaired) electrons. The number of ketones is 1. The molecule has 0 spiro atoms. The summed E-state index contributed by atoms with van der Waals surface area (Å²) >= 11 is 14.1. The third-order valence-corrected chi connectivity index (χ3v) is 7.60.